The van der Waals surface area contributed by atoms with Crippen LogP contribution in [0.15, 0.2) is 0 Å². The lowest BCUT2D eigenvalue weighted by Gasteiger charge is -2.36. The number of nitrogens with one attached hydrogen (secondary N) is 2. The van der Waals surface area contributed by atoms with Crippen LogP contribution < -0.4 is 10.6 Å². The van der Waals surface area contributed by atoms with Gasteiger partial charge in [-0.15, -0.1) is 0 Å². The topological polar surface area (TPSA) is 59.6 Å². The molecular weight excluding hydrogens is 244 g/mol. The molecule has 0 aromatic carbocycles. The molecule has 0 aliphatic carbocycles. The second kappa shape index (κ2) is 6.20. The molecule has 110 valence electrons. The summed E-state index contributed by atoms with van der Waals surface area (Å²) in [6.07, 6.45) is 1.77. The molecule has 0 spiro atoms. The fourth-order valence-electron chi connectivity index (χ4n) is 2.94. The fourth-order valence-corrected chi connectivity index (χ4v) is 2.94. The van der Waals surface area contributed by atoms with Crippen LogP contribution in [-0.2, 0) is 14.3 Å². The molecule has 3 atom stereocenters. The van der Waals surface area contributed by atoms with Gasteiger partial charge >= 0.3 is 0 Å². The SMILES string of the molecule is CCNC1COCC1C(=O)NC1CCOC(C)(C)C1. The van der Waals surface area contributed by atoms with Gasteiger partial charge in [-0.05, 0) is 33.2 Å². The van der Waals surface area contributed by atoms with E-state index in [1.807, 2.05) is 6.92 Å². The highest BCUT2D eigenvalue weighted by atomic mass is 16.5. The van der Waals surface area contributed by atoms with E-state index in [0.29, 0.717) is 13.2 Å². The van der Waals surface area contributed by atoms with Gasteiger partial charge in [0.15, 0.2) is 0 Å². The van der Waals surface area contributed by atoms with Gasteiger partial charge in [0.05, 0.1) is 24.7 Å². The van der Waals surface area contributed by atoms with Crippen molar-refractivity contribution >= 4 is 5.91 Å². The maximum absolute atomic E-state index is 12.3. The molecule has 19 heavy (non-hydrogen) atoms. The zero-order valence-corrected chi connectivity index (χ0v) is 12.2. The Morgan fingerprint density at radius 2 is 2.16 bits per heavy atom. The summed E-state index contributed by atoms with van der Waals surface area (Å²) in [7, 11) is 0. The average Bonchev–Trinajstić information content (AvgIpc) is 2.76. The minimum Gasteiger partial charge on any atom is -0.379 e. The van der Waals surface area contributed by atoms with Crippen LogP contribution in [0.3, 0.4) is 0 Å². The molecule has 0 radical (unpaired) electrons. The molecular formula is C14H26N2O3. The van der Waals surface area contributed by atoms with Crippen LogP contribution in [0.4, 0.5) is 0 Å². The third-order valence-corrected chi connectivity index (χ3v) is 3.93. The number of likely N-dealkylation sites (N-methyl/N-ethyl adjacent to an activating group) is 1. The summed E-state index contributed by atoms with van der Waals surface area (Å²) in [5, 5.41) is 6.48. The average molecular weight is 270 g/mol. The quantitative estimate of drug-likeness (QED) is 0.789. The first-order valence-corrected chi connectivity index (χ1v) is 7.27. The second-order valence-corrected chi connectivity index (χ2v) is 6.11. The van der Waals surface area contributed by atoms with Crippen molar-refractivity contribution in [3.05, 3.63) is 0 Å². The number of amides is 1. The summed E-state index contributed by atoms with van der Waals surface area (Å²) in [6.45, 7) is 8.93. The first kappa shape index (κ1) is 14.8. The van der Waals surface area contributed by atoms with Crippen molar-refractivity contribution in [2.45, 2.75) is 51.3 Å². The summed E-state index contributed by atoms with van der Waals surface area (Å²) in [5.41, 5.74) is -0.135. The molecule has 2 N–H and O–H groups in total. The van der Waals surface area contributed by atoms with Gasteiger partial charge in [0.1, 0.15) is 0 Å². The zero-order valence-electron chi connectivity index (χ0n) is 12.2. The predicted octanol–water partition coefficient (Wildman–Crippen LogP) is 0.685. The molecule has 0 saturated carbocycles. The van der Waals surface area contributed by atoms with Crippen LogP contribution in [0.5, 0.6) is 0 Å². The number of carbonyl (C=O) groups is 1. The number of hydrogen-bond donors (Lipinski definition) is 2. The van der Waals surface area contributed by atoms with E-state index in [0.717, 1.165) is 26.0 Å². The van der Waals surface area contributed by atoms with Gasteiger partial charge in [0, 0.05) is 18.7 Å². The predicted molar refractivity (Wildman–Crippen MR) is 73.0 cm³/mol. The first-order valence-electron chi connectivity index (χ1n) is 7.27. The van der Waals surface area contributed by atoms with Crippen molar-refractivity contribution < 1.29 is 14.3 Å². The lowest BCUT2D eigenvalue weighted by atomic mass is 9.93. The van der Waals surface area contributed by atoms with Gasteiger partial charge in [-0.2, -0.15) is 0 Å². The van der Waals surface area contributed by atoms with E-state index in [4.69, 9.17) is 9.47 Å². The minimum atomic E-state index is -0.135. The number of hydrogen-bond acceptors (Lipinski definition) is 4. The van der Waals surface area contributed by atoms with E-state index in [1.165, 1.54) is 0 Å². The molecule has 5 heteroatoms. The monoisotopic (exact) mass is 270 g/mol. The summed E-state index contributed by atoms with van der Waals surface area (Å²) in [6, 6.07) is 0.372. The first-order chi connectivity index (χ1) is 9.02. The summed E-state index contributed by atoms with van der Waals surface area (Å²) >= 11 is 0. The number of rotatable bonds is 4. The van der Waals surface area contributed by atoms with E-state index in [1.54, 1.807) is 0 Å². The fraction of sp³-hybridized carbons (Fsp3) is 0.929. The van der Waals surface area contributed by atoms with Gasteiger partial charge in [-0.3, -0.25) is 4.79 Å². The van der Waals surface area contributed by atoms with Crippen molar-refractivity contribution in [3.8, 4) is 0 Å². The molecule has 0 bridgehead atoms. The Bertz CT molecular complexity index is 320. The van der Waals surface area contributed by atoms with Gasteiger partial charge in [0.25, 0.3) is 0 Å². The smallest absolute Gasteiger partial charge is 0.227 e. The summed E-state index contributed by atoms with van der Waals surface area (Å²) in [5.74, 6) is 0.0528. The van der Waals surface area contributed by atoms with Crippen LogP contribution in [0, 0.1) is 5.92 Å². The maximum atomic E-state index is 12.3. The Kier molecular flexibility index (Phi) is 4.81. The van der Waals surface area contributed by atoms with Gasteiger partial charge < -0.3 is 20.1 Å². The van der Waals surface area contributed by atoms with E-state index in [-0.39, 0.29) is 29.5 Å². The highest BCUT2D eigenvalue weighted by Gasteiger charge is 2.36. The lowest BCUT2D eigenvalue weighted by Crippen LogP contribution is -2.50. The maximum Gasteiger partial charge on any atom is 0.227 e. The lowest BCUT2D eigenvalue weighted by molar-refractivity contribution is -0.128. The molecule has 2 heterocycles. The molecule has 3 unspecified atom stereocenters. The van der Waals surface area contributed by atoms with E-state index in [2.05, 4.69) is 24.5 Å². The van der Waals surface area contributed by atoms with Crippen LogP contribution in [0.25, 0.3) is 0 Å². The normalized spacial score (nSPS) is 34.2. The van der Waals surface area contributed by atoms with E-state index < -0.39 is 0 Å². The van der Waals surface area contributed by atoms with Crippen LogP contribution in [0.2, 0.25) is 0 Å². The second-order valence-electron chi connectivity index (χ2n) is 6.11. The summed E-state index contributed by atoms with van der Waals surface area (Å²) < 4.78 is 11.1. The standard InChI is InChI=1S/C14H26N2O3/c1-4-15-12-9-18-8-11(12)13(17)16-10-5-6-19-14(2,3)7-10/h10-12,15H,4-9H2,1-3H3,(H,16,17). The van der Waals surface area contributed by atoms with Crippen molar-refractivity contribution in [3.63, 3.8) is 0 Å². The highest BCUT2D eigenvalue weighted by molar-refractivity contribution is 5.80. The molecule has 2 aliphatic rings. The Hall–Kier alpha value is -0.650. The third-order valence-electron chi connectivity index (χ3n) is 3.93. The molecule has 2 fully saturated rings. The van der Waals surface area contributed by atoms with E-state index in [9.17, 15) is 4.79 Å². The van der Waals surface area contributed by atoms with Gasteiger partial charge in [0.2, 0.25) is 5.91 Å². The minimum absolute atomic E-state index is 0.0640. The zero-order chi connectivity index (χ0) is 13.9. The number of ether oxygens (including phenoxy) is 2. The van der Waals surface area contributed by atoms with Crippen LogP contribution >= 0.6 is 0 Å². The molecule has 2 rings (SSSR count). The Morgan fingerprint density at radius 1 is 1.37 bits per heavy atom. The van der Waals surface area contributed by atoms with Crippen LogP contribution in [-0.4, -0.2) is 50.0 Å². The van der Waals surface area contributed by atoms with Gasteiger partial charge in [-0.1, -0.05) is 6.92 Å². The Morgan fingerprint density at radius 3 is 2.84 bits per heavy atom. The highest BCUT2D eigenvalue weighted by Crippen LogP contribution is 2.24. The molecule has 2 saturated heterocycles. The Balaban J connectivity index is 1.86. The van der Waals surface area contributed by atoms with Crippen molar-refractivity contribution in [1.82, 2.24) is 10.6 Å². The largest absolute Gasteiger partial charge is 0.379 e. The van der Waals surface area contributed by atoms with Gasteiger partial charge in [-0.25, -0.2) is 0 Å². The molecule has 2 aliphatic heterocycles. The Labute approximate surface area is 115 Å². The molecule has 5 nitrogen and oxygen atoms in total. The molecule has 0 aromatic rings. The van der Waals surface area contributed by atoms with E-state index >= 15 is 0 Å². The molecule has 0 aromatic heterocycles. The molecule has 1 amide bonds. The number of carbonyl (C=O) groups excluding carboxylic acids is 1. The summed E-state index contributed by atoms with van der Waals surface area (Å²) in [4.78, 5) is 12.3. The third kappa shape index (κ3) is 3.91. The van der Waals surface area contributed by atoms with Crippen molar-refractivity contribution in [2.75, 3.05) is 26.4 Å². The van der Waals surface area contributed by atoms with Crippen molar-refractivity contribution in [1.29, 1.82) is 0 Å². The van der Waals surface area contributed by atoms with Crippen LogP contribution in [0.1, 0.15) is 33.6 Å². The van der Waals surface area contributed by atoms with Crippen molar-refractivity contribution in [2.24, 2.45) is 5.92 Å².